The number of rotatable bonds is 6. The van der Waals surface area contributed by atoms with E-state index < -0.39 is 16.7 Å². The standard InChI is InChI=1S/C12H16N2O2S2/c1-18(16)8-7-14-12(15)10(11(13)17)9-5-3-2-4-6-9/h2-6,10H,7-8H2,1H3,(H2,13,17)(H,14,15). The number of nitrogens with one attached hydrogen (secondary N) is 1. The molecule has 3 N–H and O–H groups in total. The van der Waals surface area contributed by atoms with Crippen LogP contribution in [0.15, 0.2) is 30.3 Å². The van der Waals surface area contributed by atoms with Crippen molar-refractivity contribution in [2.45, 2.75) is 5.92 Å². The van der Waals surface area contributed by atoms with E-state index >= 15 is 0 Å². The Bertz CT molecular complexity index is 449. The molecular formula is C12H16N2O2S2. The van der Waals surface area contributed by atoms with Crippen molar-refractivity contribution in [1.29, 1.82) is 0 Å². The van der Waals surface area contributed by atoms with Crippen molar-refractivity contribution < 1.29 is 9.00 Å². The van der Waals surface area contributed by atoms with Crippen molar-refractivity contribution in [3.05, 3.63) is 35.9 Å². The Morgan fingerprint density at radius 1 is 1.44 bits per heavy atom. The van der Waals surface area contributed by atoms with Crippen LogP contribution in [0.2, 0.25) is 0 Å². The van der Waals surface area contributed by atoms with E-state index in [1.807, 2.05) is 18.2 Å². The minimum Gasteiger partial charge on any atom is -0.392 e. The fraction of sp³-hybridized carbons (Fsp3) is 0.333. The lowest BCUT2D eigenvalue weighted by Gasteiger charge is -2.15. The second-order valence-electron chi connectivity index (χ2n) is 3.81. The van der Waals surface area contributed by atoms with Gasteiger partial charge in [-0.2, -0.15) is 0 Å². The highest BCUT2D eigenvalue weighted by molar-refractivity contribution is 7.84. The van der Waals surface area contributed by atoms with E-state index in [0.29, 0.717) is 12.3 Å². The molecular weight excluding hydrogens is 268 g/mol. The molecule has 0 aliphatic heterocycles. The van der Waals surface area contributed by atoms with Crippen LogP contribution in [0.1, 0.15) is 11.5 Å². The number of carbonyl (C=O) groups excluding carboxylic acids is 1. The summed E-state index contributed by atoms with van der Waals surface area (Å²) in [5, 5.41) is 2.69. The van der Waals surface area contributed by atoms with Crippen LogP contribution in [-0.4, -0.2) is 33.7 Å². The largest absolute Gasteiger partial charge is 0.392 e. The minimum absolute atomic E-state index is 0.135. The second-order valence-corrected chi connectivity index (χ2v) is 5.84. The van der Waals surface area contributed by atoms with Crippen molar-refractivity contribution in [2.24, 2.45) is 5.73 Å². The molecule has 0 fully saturated rings. The Balaban J connectivity index is 2.71. The maximum absolute atomic E-state index is 12.0. The Morgan fingerprint density at radius 3 is 2.56 bits per heavy atom. The average Bonchev–Trinajstić information content (AvgIpc) is 2.29. The lowest BCUT2D eigenvalue weighted by molar-refractivity contribution is -0.120. The van der Waals surface area contributed by atoms with Crippen molar-refractivity contribution in [2.75, 3.05) is 18.6 Å². The summed E-state index contributed by atoms with van der Waals surface area (Å²) in [7, 11) is -0.929. The van der Waals surface area contributed by atoms with Crippen LogP contribution in [-0.2, 0) is 15.6 Å². The fourth-order valence-electron chi connectivity index (χ4n) is 1.51. The highest BCUT2D eigenvalue weighted by Crippen LogP contribution is 2.15. The molecule has 1 aromatic carbocycles. The topological polar surface area (TPSA) is 72.2 Å². The highest BCUT2D eigenvalue weighted by atomic mass is 32.2. The molecule has 0 radical (unpaired) electrons. The molecule has 4 nitrogen and oxygen atoms in total. The molecule has 6 heteroatoms. The molecule has 0 aliphatic rings. The zero-order valence-corrected chi connectivity index (χ0v) is 11.7. The van der Waals surface area contributed by atoms with Crippen LogP contribution >= 0.6 is 12.2 Å². The molecule has 2 unspecified atom stereocenters. The van der Waals surface area contributed by atoms with Crippen LogP contribution in [0, 0.1) is 0 Å². The smallest absolute Gasteiger partial charge is 0.234 e. The summed E-state index contributed by atoms with van der Waals surface area (Å²) in [4.78, 5) is 12.1. The summed E-state index contributed by atoms with van der Waals surface area (Å²) < 4.78 is 10.9. The van der Waals surface area contributed by atoms with E-state index in [-0.39, 0.29) is 10.9 Å². The van der Waals surface area contributed by atoms with Gasteiger partial charge in [-0.15, -0.1) is 0 Å². The molecule has 98 valence electrons. The molecule has 0 saturated heterocycles. The van der Waals surface area contributed by atoms with Gasteiger partial charge < -0.3 is 11.1 Å². The molecule has 2 atom stereocenters. The Hall–Kier alpha value is -1.27. The quantitative estimate of drug-likeness (QED) is 0.748. The van der Waals surface area contributed by atoms with Gasteiger partial charge in [0.15, 0.2) is 0 Å². The molecule has 1 rings (SSSR count). The first-order valence-corrected chi connectivity index (χ1v) is 7.58. The van der Waals surface area contributed by atoms with Gasteiger partial charge in [-0.25, -0.2) is 0 Å². The van der Waals surface area contributed by atoms with Crippen LogP contribution < -0.4 is 11.1 Å². The van der Waals surface area contributed by atoms with Crippen LogP contribution in [0.25, 0.3) is 0 Å². The van der Waals surface area contributed by atoms with Crippen LogP contribution in [0.5, 0.6) is 0 Å². The molecule has 0 bridgehead atoms. The lowest BCUT2D eigenvalue weighted by atomic mass is 9.98. The van der Waals surface area contributed by atoms with E-state index in [0.717, 1.165) is 5.56 Å². The number of hydrogen-bond acceptors (Lipinski definition) is 3. The zero-order chi connectivity index (χ0) is 13.5. The predicted molar refractivity (Wildman–Crippen MR) is 77.9 cm³/mol. The third-order valence-electron chi connectivity index (χ3n) is 2.37. The van der Waals surface area contributed by atoms with Crippen molar-refractivity contribution in [3.8, 4) is 0 Å². The maximum Gasteiger partial charge on any atom is 0.234 e. The minimum atomic E-state index is -0.929. The SMILES string of the molecule is CS(=O)CCNC(=O)C(C(N)=S)c1ccccc1. The number of nitrogens with two attached hydrogens (primary N) is 1. The predicted octanol–water partition coefficient (Wildman–Crippen LogP) is 0.551. The van der Waals surface area contributed by atoms with Crippen molar-refractivity contribution >= 4 is 33.9 Å². The monoisotopic (exact) mass is 284 g/mol. The molecule has 0 aromatic heterocycles. The third kappa shape index (κ3) is 4.54. The van der Waals surface area contributed by atoms with Gasteiger partial charge >= 0.3 is 0 Å². The highest BCUT2D eigenvalue weighted by Gasteiger charge is 2.22. The first-order chi connectivity index (χ1) is 8.52. The van der Waals surface area contributed by atoms with Gasteiger partial charge in [0.2, 0.25) is 5.91 Å². The first kappa shape index (κ1) is 14.8. The normalized spacial score (nSPS) is 13.6. The van der Waals surface area contributed by atoms with Gasteiger partial charge in [0.25, 0.3) is 0 Å². The number of hydrogen-bond donors (Lipinski definition) is 2. The average molecular weight is 284 g/mol. The summed E-state index contributed by atoms with van der Waals surface area (Å²) >= 11 is 4.93. The van der Waals surface area contributed by atoms with Crippen molar-refractivity contribution in [3.63, 3.8) is 0 Å². The summed E-state index contributed by atoms with van der Waals surface area (Å²) in [5.74, 6) is -0.462. The number of carbonyl (C=O) groups is 1. The Kier molecular flexibility index (Phi) is 5.94. The number of thiocarbonyl (C=S) groups is 1. The summed E-state index contributed by atoms with van der Waals surface area (Å²) in [6.07, 6.45) is 1.59. The molecule has 1 amide bonds. The van der Waals surface area contributed by atoms with Gasteiger partial charge in [0, 0.05) is 29.4 Å². The van der Waals surface area contributed by atoms with E-state index in [1.165, 1.54) is 0 Å². The summed E-state index contributed by atoms with van der Waals surface area (Å²) in [5.41, 5.74) is 6.38. The van der Waals surface area contributed by atoms with E-state index in [9.17, 15) is 9.00 Å². The molecule has 0 spiro atoms. The summed E-state index contributed by atoms with van der Waals surface area (Å²) in [6.45, 7) is 0.355. The lowest BCUT2D eigenvalue weighted by Crippen LogP contribution is -2.37. The molecule has 0 heterocycles. The second kappa shape index (κ2) is 7.23. The Labute approximate surface area is 114 Å². The van der Waals surface area contributed by atoms with Crippen molar-refractivity contribution in [1.82, 2.24) is 5.32 Å². The number of benzene rings is 1. The van der Waals surface area contributed by atoms with Crippen LogP contribution in [0.4, 0.5) is 0 Å². The molecule has 0 saturated carbocycles. The van der Waals surface area contributed by atoms with Crippen LogP contribution in [0.3, 0.4) is 0 Å². The van der Waals surface area contributed by atoms with Gasteiger partial charge in [-0.1, -0.05) is 42.5 Å². The molecule has 18 heavy (non-hydrogen) atoms. The first-order valence-electron chi connectivity index (χ1n) is 5.44. The van der Waals surface area contributed by atoms with E-state index in [1.54, 1.807) is 18.4 Å². The van der Waals surface area contributed by atoms with E-state index in [4.69, 9.17) is 18.0 Å². The van der Waals surface area contributed by atoms with Gasteiger partial charge in [0.1, 0.15) is 5.92 Å². The maximum atomic E-state index is 12.0. The summed E-state index contributed by atoms with van der Waals surface area (Å²) in [6, 6.07) is 9.13. The van der Waals surface area contributed by atoms with E-state index in [2.05, 4.69) is 5.32 Å². The zero-order valence-electron chi connectivity index (χ0n) is 10.1. The third-order valence-corrected chi connectivity index (χ3v) is 3.38. The van der Waals surface area contributed by atoms with Gasteiger partial charge in [-0.3, -0.25) is 9.00 Å². The van der Waals surface area contributed by atoms with Gasteiger partial charge in [0.05, 0.1) is 4.99 Å². The Morgan fingerprint density at radius 2 is 2.06 bits per heavy atom. The number of amides is 1. The molecule has 1 aromatic rings. The van der Waals surface area contributed by atoms with Gasteiger partial charge in [-0.05, 0) is 5.56 Å². The fourth-order valence-corrected chi connectivity index (χ4v) is 2.14. The molecule has 0 aliphatic carbocycles.